The number of fused-ring (bicyclic) bond motifs is 1. The van der Waals surface area contributed by atoms with Crippen molar-refractivity contribution in [2.24, 2.45) is 0 Å². The molecular formula is C26H36BrN3O5. The number of carbonyl (C=O) groups is 2. The number of ether oxygens (including phenoxy) is 3. The van der Waals surface area contributed by atoms with Gasteiger partial charge in [-0.15, -0.1) is 0 Å². The van der Waals surface area contributed by atoms with E-state index >= 15 is 0 Å². The number of aromatic nitrogens is 1. The Labute approximate surface area is 215 Å². The standard InChI is InChI=1S/C26H36BrN3O5/c1-26(2,3)35-25(32)29-12-14-34-22(17-29)24(31)30(19-9-10-19)16-18-15-28(11-6-13-33-4)21-8-5-7-20(27)23(18)21/h5,7-8,15,19,22H,6,9-14,16-17H2,1-4H3/t22-/m1/s1. The summed E-state index contributed by atoms with van der Waals surface area (Å²) in [7, 11) is 1.71. The first-order valence-corrected chi connectivity index (χ1v) is 13.1. The highest BCUT2D eigenvalue weighted by atomic mass is 79.9. The second-order valence-electron chi connectivity index (χ2n) is 10.3. The van der Waals surface area contributed by atoms with Crippen molar-refractivity contribution in [3.8, 4) is 0 Å². The van der Waals surface area contributed by atoms with E-state index in [4.69, 9.17) is 14.2 Å². The summed E-state index contributed by atoms with van der Waals surface area (Å²) in [5.74, 6) is -0.0619. The Hall–Kier alpha value is -2.10. The number of rotatable bonds is 8. The molecule has 1 saturated carbocycles. The molecule has 8 nitrogen and oxygen atoms in total. The Morgan fingerprint density at radius 3 is 2.71 bits per heavy atom. The van der Waals surface area contributed by atoms with E-state index in [0.717, 1.165) is 46.7 Å². The molecule has 0 radical (unpaired) electrons. The molecule has 1 aliphatic carbocycles. The van der Waals surface area contributed by atoms with Crippen LogP contribution in [0.2, 0.25) is 0 Å². The van der Waals surface area contributed by atoms with Crippen LogP contribution in [-0.4, -0.2) is 77.5 Å². The Kier molecular flexibility index (Phi) is 8.08. The Bertz CT molecular complexity index is 1060. The van der Waals surface area contributed by atoms with Crippen molar-refractivity contribution in [2.75, 3.05) is 33.4 Å². The fourth-order valence-corrected chi connectivity index (χ4v) is 5.12. The number of benzene rings is 1. The fraction of sp³-hybridized carbons (Fsp3) is 0.615. The van der Waals surface area contributed by atoms with Crippen molar-refractivity contribution in [1.82, 2.24) is 14.4 Å². The van der Waals surface area contributed by atoms with Gasteiger partial charge in [0, 0.05) is 61.0 Å². The molecule has 1 aromatic carbocycles. The van der Waals surface area contributed by atoms with Crippen molar-refractivity contribution in [3.05, 3.63) is 34.4 Å². The molecule has 1 aromatic heterocycles. The van der Waals surface area contributed by atoms with E-state index in [1.165, 1.54) is 0 Å². The van der Waals surface area contributed by atoms with E-state index in [-0.39, 0.29) is 18.5 Å². The van der Waals surface area contributed by atoms with E-state index in [2.05, 4.69) is 32.8 Å². The van der Waals surface area contributed by atoms with Crippen LogP contribution in [-0.2, 0) is 32.1 Å². The highest BCUT2D eigenvalue weighted by Gasteiger charge is 2.39. The summed E-state index contributed by atoms with van der Waals surface area (Å²) in [6.45, 7) is 8.51. The number of morpholine rings is 1. The smallest absolute Gasteiger partial charge is 0.410 e. The van der Waals surface area contributed by atoms with E-state index in [0.29, 0.717) is 26.3 Å². The second-order valence-corrected chi connectivity index (χ2v) is 11.2. The molecule has 2 fully saturated rings. The average molecular weight is 550 g/mol. The van der Waals surface area contributed by atoms with Crippen LogP contribution in [0.1, 0.15) is 45.6 Å². The number of hydrogen-bond acceptors (Lipinski definition) is 5. The summed E-state index contributed by atoms with van der Waals surface area (Å²) in [6, 6.07) is 6.39. The van der Waals surface area contributed by atoms with Crippen molar-refractivity contribution in [3.63, 3.8) is 0 Å². The third kappa shape index (κ3) is 6.37. The Balaban J connectivity index is 1.53. The first-order valence-electron chi connectivity index (χ1n) is 12.3. The van der Waals surface area contributed by atoms with Gasteiger partial charge in [-0.2, -0.15) is 0 Å². The third-order valence-corrected chi connectivity index (χ3v) is 6.95. The molecule has 1 saturated heterocycles. The van der Waals surface area contributed by atoms with Gasteiger partial charge in [-0.25, -0.2) is 4.79 Å². The molecule has 2 aromatic rings. The first-order chi connectivity index (χ1) is 16.7. The zero-order chi connectivity index (χ0) is 25.2. The van der Waals surface area contributed by atoms with Crippen LogP contribution >= 0.6 is 15.9 Å². The quantitative estimate of drug-likeness (QED) is 0.451. The summed E-state index contributed by atoms with van der Waals surface area (Å²) in [5, 5.41) is 1.13. The maximum absolute atomic E-state index is 13.7. The van der Waals surface area contributed by atoms with Gasteiger partial charge in [0.15, 0.2) is 6.10 Å². The third-order valence-electron chi connectivity index (χ3n) is 6.29. The van der Waals surface area contributed by atoms with Gasteiger partial charge in [-0.05, 0) is 57.7 Å². The number of carbonyl (C=O) groups excluding carboxylic acids is 2. The predicted octanol–water partition coefficient (Wildman–Crippen LogP) is 4.57. The molecule has 2 heterocycles. The lowest BCUT2D eigenvalue weighted by molar-refractivity contribution is -0.150. The molecule has 2 aliphatic rings. The van der Waals surface area contributed by atoms with Crippen LogP contribution in [0, 0.1) is 0 Å². The van der Waals surface area contributed by atoms with Crippen LogP contribution in [0.25, 0.3) is 10.9 Å². The van der Waals surface area contributed by atoms with Gasteiger partial charge < -0.3 is 28.6 Å². The van der Waals surface area contributed by atoms with Gasteiger partial charge in [-0.1, -0.05) is 22.0 Å². The molecule has 9 heteroatoms. The maximum atomic E-state index is 13.7. The molecule has 1 atom stereocenters. The summed E-state index contributed by atoms with van der Waals surface area (Å²) in [5.41, 5.74) is 1.66. The van der Waals surface area contributed by atoms with Gasteiger partial charge in [-0.3, -0.25) is 4.79 Å². The summed E-state index contributed by atoms with van der Waals surface area (Å²) in [4.78, 5) is 29.8. The van der Waals surface area contributed by atoms with Gasteiger partial charge in [0.2, 0.25) is 0 Å². The van der Waals surface area contributed by atoms with Crippen LogP contribution in [0.15, 0.2) is 28.9 Å². The van der Waals surface area contributed by atoms with E-state index in [9.17, 15) is 9.59 Å². The number of amides is 2. The first kappa shape index (κ1) is 26.0. The zero-order valence-corrected chi connectivity index (χ0v) is 22.7. The zero-order valence-electron chi connectivity index (χ0n) is 21.1. The predicted molar refractivity (Wildman–Crippen MR) is 137 cm³/mol. The van der Waals surface area contributed by atoms with E-state index < -0.39 is 17.8 Å². The number of nitrogens with zero attached hydrogens (tertiary/aromatic N) is 3. The average Bonchev–Trinajstić information content (AvgIpc) is 3.59. The fourth-order valence-electron chi connectivity index (χ4n) is 4.51. The Morgan fingerprint density at radius 2 is 2.03 bits per heavy atom. The van der Waals surface area contributed by atoms with Crippen molar-refractivity contribution < 1.29 is 23.8 Å². The molecule has 0 spiro atoms. The molecule has 2 amide bonds. The highest BCUT2D eigenvalue weighted by molar-refractivity contribution is 9.10. The number of aryl methyl sites for hydroxylation is 1. The highest BCUT2D eigenvalue weighted by Crippen LogP contribution is 2.34. The normalized spacial score (nSPS) is 18.7. The van der Waals surface area contributed by atoms with Crippen LogP contribution in [0.5, 0.6) is 0 Å². The van der Waals surface area contributed by atoms with Gasteiger partial charge >= 0.3 is 6.09 Å². The molecule has 35 heavy (non-hydrogen) atoms. The van der Waals surface area contributed by atoms with Gasteiger partial charge in [0.1, 0.15) is 5.60 Å². The van der Waals surface area contributed by atoms with E-state index in [1.807, 2.05) is 37.8 Å². The molecule has 0 bridgehead atoms. The monoisotopic (exact) mass is 549 g/mol. The molecule has 192 valence electrons. The van der Waals surface area contributed by atoms with Crippen molar-refractivity contribution in [2.45, 2.75) is 70.9 Å². The minimum absolute atomic E-state index is 0.0619. The molecule has 4 rings (SSSR count). The molecule has 0 N–H and O–H groups in total. The molecular weight excluding hydrogens is 514 g/mol. The molecule has 0 unspecified atom stereocenters. The lowest BCUT2D eigenvalue weighted by atomic mass is 10.1. The molecule has 1 aliphatic heterocycles. The van der Waals surface area contributed by atoms with Crippen LogP contribution in [0.3, 0.4) is 0 Å². The minimum atomic E-state index is -0.685. The summed E-state index contributed by atoms with van der Waals surface area (Å²) in [6.07, 6.45) is 3.95. The van der Waals surface area contributed by atoms with Crippen molar-refractivity contribution >= 4 is 38.8 Å². The van der Waals surface area contributed by atoms with Gasteiger partial charge in [0.05, 0.1) is 13.2 Å². The number of methoxy groups -OCH3 is 1. The van der Waals surface area contributed by atoms with Crippen LogP contribution < -0.4 is 0 Å². The Morgan fingerprint density at radius 1 is 1.26 bits per heavy atom. The maximum Gasteiger partial charge on any atom is 0.410 e. The largest absolute Gasteiger partial charge is 0.444 e. The lowest BCUT2D eigenvalue weighted by Gasteiger charge is -2.35. The topological polar surface area (TPSA) is 73.2 Å². The summed E-state index contributed by atoms with van der Waals surface area (Å²) < 4.78 is 19.9. The van der Waals surface area contributed by atoms with Crippen molar-refractivity contribution in [1.29, 1.82) is 0 Å². The van der Waals surface area contributed by atoms with Crippen LogP contribution in [0.4, 0.5) is 4.79 Å². The minimum Gasteiger partial charge on any atom is -0.444 e. The SMILES string of the molecule is COCCCn1cc(CN(C(=O)[C@H]2CN(C(=O)OC(C)(C)C)CCO2)C2CC2)c2c(Br)cccc21. The second kappa shape index (κ2) is 10.9. The number of halogens is 1. The van der Waals surface area contributed by atoms with Gasteiger partial charge in [0.25, 0.3) is 5.91 Å². The van der Waals surface area contributed by atoms with E-state index in [1.54, 1.807) is 12.0 Å². The summed E-state index contributed by atoms with van der Waals surface area (Å²) >= 11 is 3.72. The lowest BCUT2D eigenvalue weighted by Crippen LogP contribution is -2.53. The number of hydrogen-bond donors (Lipinski definition) is 0.